The Morgan fingerprint density at radius 3 is 2.47 bits per heavy atom. The Bertz CT molecular complexity index is 578. The zero-order chi connectivity index (χ0) is 13.7. The molecule has 1 N–H and O–H groups in total. The highest BCUT2D eigenvalue weighted by atomic mass is 16.5. The number of hydrogen-bond donors (Lipinski definition) is 1. The van der Waals surface area contributed by atoms with Gasteiger partial charge in [0.2, 0.25) is 6.10 Å². The van der Waals surface area contributed by atoms with Crippen LogP contribution in [0.1, 0.15) is 22.0 Å². The number of carbonyl (C=O) groups is 2. The summed E-state index contributed by atoms with van der Waals surface area (Å²) < 4.78 is 5.45. The Labute approximate surface area is 110 Å². The first-order chi connectivity index (χ1) is 9.20. The summed E-state index contributed by atoms with van der Waals surface area (Å²) in [6.07, 6.45) is -0.409. The first-order valence-corrected chi connectivity index (χ1v) is 5.70. The summed E-state index contributed by atoms with van der Waals surface area (Å²) >= 11 is 0. The number of carbonyl (C=O) groups excluding carboxylic acids is 1. The molecule has 0 amide bonds. The Balaban J connectivity index is 2.26. The van der Waals surface area contributed by atoms with E-state index in [1.807, 2.05) is 0 Å². The molecule has 1 atom stereocenters. The summed E-state index contributed by atoms with van der Waals surface area (Å²) in [5.74, 6) is -0.733. The molecule has 0 aromatic heterocycles. The van der Waals surface area contributed by atoms with Gasteiger partial charge in [0.15, 0.2) is 0 Å². The van der Waals surface area contributed by atoms with E-state index in [-0.39, 0.29) is 0 Å². The predicted molar refractivity (Wildman–Crippen MR) is 69.3 cm³/mol. The van der Waals surface area contributed by atoms with Crippen molar-refractivity contribution in [3.05, 3.63) is 65.7 Å². The van der Waals surface area contributed by atoms with Gasteiger partial charge in [-0.3, -0.25) is 4.79 Å². The summed E-state index contributed by atoms with van der Waals surface area (Å²) in [6, 6.07) is 15.0. The van der Waals surface area contributed by atoms with Gasteiger partial charge in [0.25, 0.3) is 0 Å². The van der Waals surface area contributed by atoms with Crippen molar-refractivity contribution in [1.82, 2.24) is 0 Å². The van der Waals surface area contributed by atoms with Crippen LogP contribution in [0.2, 0.25) is 0 Å². The average Bonchev–Trinajstić information content (AvgIpc) is 2.45. The number of ether oxygens (including phenoxy) is 1. The maximum absolute atomic E-state index is 11.3. The third-order valence-corrected chi connectivity index (χ3v) is 2.57. The number of rotatable bonds is 5. The molecule has 2 aromatic rings. The van der Waals surface area contributed by atoms with Crippen LogP contribution in [0.4, 0.5) is 0 Å². The molecule has 96 valence electrons. The molecule has 4 heteroatoms. The molecule has 0 radical (unpaired) electrons. The highest BCUT2D eigenvalue weighted by Crippen LogP contribution is 2.22. The minimum absolute atomic E-state index is 0.348. The molecule has 19 heavy (non-hydrogen) atoms. The van der Waals surface area contributed by atoms with E-state index in [1.54, 1.807) is 48.5 Å². The molecule has 0 fully saturated rings. The molecule has 4 nitrogen and oxygen atoms in total. The summed E-state index contributed by atoms with van der Waals surface area (Å²) in [5.41, 5.74) is 0.987. The van der Waals surface area contributed by atoms with Gasteiger partial charge in [-0.2, -0.15) is 0 Å². The van der Waals surface area contributed by atoms with E-state index < -0.39 is 12.1 Å². The fraction of sp³-hybridized carbons (Fsp3) is 0.0667. The zero-order valence-corrected chi connectivity index (χ0v) is 10.0. The van der Waals surface area contributed by atoms with Crippen LogP contribution in [0, 0.1) is 0 Å². The Kier molecular flexibility index (Phi) is 3.93. The standard InChI is InChI=1S/C15H12O4/c16-10-11-5-4-8-13(9-11)19-14(15(17)18)12-6-2-1-3-7-12/h1-10,14H,(H,17,18). The second-order valence-electron chi connectivity index (χ2n) is 3.94. The molecule has 2 aromatic carbocycles. The van der Waals surface area contributed by atoms with Gasteiger partial charge >= 0.3 is 5.97 Å². The van der Waals surface area contributed by atoms with Gasteiger partial charge in [0.1, 0.15) is 12.0 Å². The SMILES string of the molecule is O=Cc1cccc(OC(C(=O)O)c2ccccc2)c1. The number of hydrogen-bond acceptors (Lipinski definition) is 3. The number of benzene rings is 2. The first kappa shape index (κ1) is 12.8. The lowest BCUT2D eigenvalue weighted by Crippen LogP contribution is -2.18. The van der Waals surface area contributed by atoms with Crippen molar-refractivity contribution >= 4 is 12.3 Å². The van der Waals surface area contributed by atoms with Gasteiger partial charge in [-0.25, -0.2) is 4.79 Å². The van der Waals surface area contributed by atoms with Gasteiger partial charge in [0.05, 0.1) is 0 Å². The van der Waals surface area contributed by atoms with Gasteiger partial charge in [0, 0.05) is 11.1 Å². The van der Waals surface area contributed by atoms with E-state index in [1.165, 1.54) is 6.07 Å². The molecule has 0 aliphatic carbocycles. The highest BCUT2D eigenvalue weighted by Gasteiger charge is 2.21. The Morgan fingerprint density at radius 1 is 1.11 bits per heavy atom. The summed E-state index contributed by atoms with van der Waals surface area (Å²) in [4.78, 5) is 21.9. The van der Waals surface area contributed by atoms with Crippen molar-refractivity contribution < 1.29 is 19.4 Å². The summed E-state index contributed by atoms with van der Waals surface area (Å²) in [6.45, 7) is 0. The van der Waals surface area contributed by atoms with Crippen LogP contribution in [0.5, 0.6) is 5.75 Å². The molecule has 2 rings (SSSR count). The van der Waals surface area contributed by atoms with Crippen LogP contribution in [-0.4, -0.2) is 17.4 Å². The van der Waals surface area contributed by atoms with Crippen molar-refractivity contribution in [2.45, 2.75) is 6.10 Å². The van der Waals surface area contributed by atoms with Crippen LogP contribution in [-0.2, 0) is 4.79 Å². The average molecular weight is 256 g/mol. The van der Waals surface area contributed by atoms with Gasteiger partial charge in [-0.15, -0.1) is 0 Å². The van der Waals surface area contributed by atoms with Crippen LogP contribution in [0.25, 0.3) is 0 Å². The largest absolute Gasteiger partial charge is 0.478 e. The molecule has 0 saturated heterocycles. The third kappa shape index (κ3) is 3.19. The number of carboxylic acid groups (broad SMARTS) is 1. The monoisotopic (exact) mass is 256 g/mol. The molecule has 0 saturated carbocycles. The minimum Gasteiger partial charge on any atom is -0.478 e. The maximum Gasteiger partial charge on any atom is 0.349 e. The molecule has 0 spiro atoms. The quantitative estimate of drug-likeness (QED) is 0.835. The van der Waals surface area contributed by atoms with E-state index in [9.17, 15) is 14.7 Å². The first-order valence-electron chi connectivity index (χ1n) is 5.70. The zero-order valence-electron chi connectivity index (χ0n) is 10.0. The second-order valence-corrected chi connectivity index (χ2v) is 3.94. The summed E-state index contributed by atoms with van der Waals surface area (Å²) in [7, 11) is 0. The van der Waals surface area contributed by atoms with Crippen molar-refractivity contribution in [2.75, 3.05) is 0 Å². The summed E-state index contributed by atoms with van der Waals surface area (Å²) in [5, 5.41) is 9.22. The molecule has 0 aliphatic heterocycles. The van der Waals surface area contributed by atoms with Crippen molar-refractivity contribution in [3.8, 4) is 5.75 Å². The van der Waals surface area contributed by atoms with Gasteiger partial charge in [-0.1, -0.05) is 42.5 Å². The van der Waals surface area contributed by atoms with E-state index in [0.717, 1.165) is 0 Å². The minimum atomic E-state index is -1.09. The van der Waals surface area contributed by atoms with Crippen LogP contribution in [0.15, 0.2) is 54.6 Å². The normalized spacial score (nSPS) is 11.6. The number of aldehydes is 1. The lowest BCUT2D eigenvalue weighted by molar-refractivity contribution is -0.145. The van der Waals surface area contributed by atoms with Crippen LogP contribution < -0.4 is 4.74 Å². The number of carboxylic acids is 1. The van der Waals surface area contributed by atoms with E-state index in [0.29, 0.717) is 23.2 Å². The van der Waals surface area contributed by atoms with Crippen molar-refractivity contribution in [1.29, 1.82) is 0 Å². The smallest absolute Gasteiger partial charge is 0.349 e. The lowest BCUT2D eigenvalue weighted by atomic mass is 10.1. The molecular weight excluding hydrogens is 244 g/mol. The highest BCUT2D eigenvalue weighted by molar-refractivity contribution is 5.76. The molecule has 0 heterocycles. The lowest BCUT2D eigenvalue weighted by Gasteiger charge is -2.15. The van der Waals surface area contributed by atoms with Gasteiger partial charge in [-0.05, 0) is 12.1 Å². The van der Waals surface area contributed by atoms with Crippen molar-refractivity contribution in [3.63, 3.8) is 0 Å². The van der Waals surface area contributed by atoms with Crippen molar-refractivity contribution in [2.24, 2.45) is 0 Å². The molecular formula is C15H12O4. The Morgan fingerprint density at radius 2 is 1.84 bits per heavy atom. The maximum atomic E-state index is 11.3. The number of aliphatic carboxylic acids is 1. The topological polar surface area (TPSA) is 63.6 Å². The van der Waals surface area contributed by atoms with Crippen LogP contribution >= 0.6 is 0 Å². The van der Waals surface area contributed by atoms with E-state index in [4.69, 9.17) is 4.74 Å². The Hall–Kier alpha value is -2.62. The van der Waals surface area contributed by atoms with E-state index in [2.05, 4.69) is 0 Å². The molecule has 0 aliphatic rings. The third-order valence-electron chi connectivity index (χ3n) is 2.57. The second kappa shape index (κ2) is 5.82. The molecule has 0 bridgehead atoms. The fourth-order valence-electron chi connectivity index (χ4n) is 1.69. The van der Waals surface area contributed by atoms with Crippen LogP contribution in [0.3, 0.4) is 0 Å². The van der Waals surface area contributed by atoms with Gasteiger partial charge < -0.3 is 9.84 Å². The predicted octanol–water partition coefficient (Wildman–Crippen LogP) is 2.70. The van der Waals surface area contributed by atoms with E-state index >= 15 is 0 Å². The molecule has 1 unspecified atom stereocenters. The fourth-order valence-corrected chi connectivity index (χ4v) is 1.69.